The predicted octanol–water partition coefficient (Wildman–Crippen LogP) is 5.15. The van der Waals surface area contributed by atoms with E-state index in [9.17, 15) is 4.79 Å². The summed E-state index contributed by atoms with van der Waals surface area (Å²) < 4.78 is 11.0. The summed E-state index contributed by atoms with van der Waals surface area (Å²) in [5, 5.41) is 0. The Morgan fingerprint density at radius 1 is 0.880 bits per heavy atom. The number of carbonyl (C=O) groups excluding carboxylic acids is 1. The molecule has 0 atom stereocenters. The minimum absolute atomic E-state index is 0.116. The maximum atomic E-state index is 11.9. The van der Waals surface area contributed by atoms with Gasteiger partial charge in [0.05, 0.1) is 6.26 Å². The third-order valence-corrected chi connectivity index (χ3v) is 3.54. The van der Waals surface area contributed by atoms with Crippen LogP contribution in [0.15, 0.2) is 89.6 Å². The molecule has 0 saturated heterocycles. The summed E-state index contributed by atoms with van der Waals surface area (Å²) >= 11 is 0. The van der Waals surface area contributed by atoms with Crippen molar-refractivity contribution in [2.45, 2.75) is 6.61 Å². The van der Waals surface area contributed by atoms with Crippen LogP contribution >= 0.6 is 0 Å². The zero-order chi connectivity index (χ0) is 17.3. The van der Waals surface area contributed by atoms with E-state index in [1.807, 2.05) is 54.6 Å². The Balaban J connectivity index is 1.64. The molecule has 1 aromatic heterocycles. The van der Waals surface area contributed by atoms with Crippen molar-refractivity contribution in [2.75, 3.05) is 0 Å². The highest BCUT2D eigenvalue weighted by Gasteiger charge is 2.01. The van der Waals surface area contributed by atoms with E-state index in [1.54, 1.807) is 30.5 Å². The van der Waals surface area contributed by atoms with E-state index in [0.717, 1.165) is 16.9 Å². The van der Waals surface area contributed by atoms with Crippen molar-refractivity contribution in [2.24, 2.45) is 0 Å². The minimum atomic E-state index is -0.116. The number of hydrogen-bond acceptors (Lipinski definition) is 3. The van der Waals surface area contributed by atoms with Gasteiger partial charge in [0.2, 0.25) is 0 Å². The molecule has 0 amide bonds. The van der Waals surface area contributed by atoms with Crippen molar-refractivity contribution < 1.29 is 13.9 Å². The van der Waals surface area contributed by atoms with E-state index in [2.05, 4.69) is 0 Å². The Kier molecular flexibility index (Phi) is 5.62. The monoisotopic (exact) mass is 330 g/mol. The van der Waals surface area contributed by atoms with E-state index in [-0.39, 0.29) is 5.78 Å². The van der Waals surface area contributed by atoms with Crippen LogP contribution in [-0.2, 0) is 11.4 Å². The fraction of sp³-hybridized carbons (Fsp3) is 0.0455. The number of carbonyl (C=O) groups is 1. The van der Waals surface area contributed by atoms with Crippen LogP contribution in [0.25, 0.3) is 12.2 Å². The number of ketones is 1. The smallest absolute Gasteiger partial charge is 0.178 e. The molecule has 0 aliphatic rings. The molecule has 3 aromatic rings. The SMILES string of the molecule is O=C(C=Cc1ccco1)C=Cc1ccccc1OCc1ccccc1. The molecule has 0 N–H and O–H groups in total. The number of furan rings is 1. The average Bonchev–Trinajstić information content (AvgIpc) is 3.18. The van der Waals surface area contributed by atoms with Gasteiger partial charge in [-0.2, -0.15) is 0 Å². The van der Waals surface area contributed by atoms with E-state index in [0.29, 0.717) is 12.4 Å². The van der Waals surface area contributed by atoms with Crippen LogP contribution in [0.3, 0.4) is 0 Å². The van der Waals surface area contributed by atoms with Crippen molar-refractivity contribution in [3.8, 4) is 5.75 Å². The Morgan fingerprint density at radius 3 is 2.44 bits per heavy atom. The molecule has 0 aliphatic heterocycles. The zero-order valence-corrected chi connectivity index (χ0v) is 13.7. The lowest BCUT2D eigenvalue weighted by atomic mass is 10.1. The van der Waals surface area contributed by atoms with Gasteiger partial charge in [0.25, 0.3) is 0 Å². The van der Waals surface area contributed by atoms with Gasteiger partial charge < -0.3 is 9.15 Å². The molecule has 2 aromatic carbocycles. The summed E-state index contributed by atoms with van der Waals surface area (Å²) in [4.78, 5) is 11.9. The first-order valence-corrected chi connectivity index (χ1v) is 8.01. The number of ether oxygens (including phenoxy) is 1. The van der Waals surface area contributed by atoms with Crippen molar-refractivity contribution >= 4 is 17.9 Å². The second kappa shape index (κ2) is 8.50. The largest absolute Gasteiger partial charge is 0.488 e. The van der Waals surface area contributed by atoms with Crippen LogP contribution in [0.1, 0.15) is 16.9 Å². The molecule has 3 nitrogen and oxygen atoms in total. The molecule has 0 unspecified atom stereocenters. The molecular formula is C22H18O3. The normalized spacial score (nSPS) is 11.2. The molecule has 0 aliphatic carbocycles. The van der Waals surface area contributed by atoms with E-state index < -0.39 is 0 Å². The topological polar surface area (TPSA) is 39.4 Å². The summed E-state index contributed by atoms with van der Waals surface area (Å²) in [5.74, 6) is 1.27. The second-order valence-electron chi connectivity index (χ2n) is 5.40. The lowest BCUT2D eigenvalue weighted by molar-refractivity contribution is -0.110. The van der Waals surface area contributed by atoms with E-state index in [1.165, 1.54) is 12.2 Å². The maximum absolute atomic E-state index is 11.9. The highest BCUT2D eigenvalue weighted by molar-refractivity contribution is 6.04. The fourth-order valence-corrected chi connectivity index (χ4v) is 2.26. The van der Waals surface area contributed by atoms with Crippen molar-refractivity contribution in [3.63, 3.8) is 0 Å². The van der Waals surface area contributed by atoms with Crippen molar-refractivity contribution in [3.05, 3.63) is 102 Å². The number of rotatable bonds is 7. The summed E-state index contributed by atoms with van der Waals surface area (Å²) in [7, 11) is 0. The first-order chi connectivity index (χ1) is 12.3. The lowest BCUT2D eigenvalue weighted by Crippen LogP contribution is -1.96. The maximum Gasteiger partial charge on any atom is 0.178 e. The quantitative estimate of drug-likeness (QED) is 0.562. The summed E-state index contributed by atoms with van der Waals surface area (Å²) in [5.41, 5.74) is 1.96. The third kappa shape index (κ3) is 5.08. The van der Waals surface area contributed by atoms with Crippen LogP contribution in [0.5, 0.6) is 5.75 Å². The molecule has 0 radical (unpaired) electrons. The van der Waals surface area contributed by atoms with Crippen LogP contribution in [0, 0.1) is 0 Å². The highest BCUT2D eigenvalue weighted by Crippen LogP contribution is 2.21. The second-order valence-corrected chi connectivity index (χ2v) is 5.40. The van der Waals surface area contributed by atoms with Gasteiger partial charge in [-0.05, 0) is 48.1 Å². The van der Waals surface area contributed by atoms with E-state index >= 15 is 0 Å². The van der Waals surface area contributed by atoms with Gasteiger partial charge in [-0.15, -0.1) is 0 Å². The number of hydrogen-bond donors (Lipinski definition) is 0. The molecule has 0 spiro atoms. The van der Waals surface area contributed by atoms with Gasteiger partial charge in [-0.3, -0.25) is 4.79 Å². The lowest BCUT2D eigenvalue weighted by Gasteiger charge is -2.09. The van der Waals surface area contributed by atoms with Gasteiger partial charge >= 0.3 is 0 Å². The summed E-state index contributed by atoms with van der Waals surface area (Å²) in [6.07, 6.45) is 7.97. The predicted molar refractivity (Wildman–Crippen MR) is 99.0 cm³/mol. The number of para-hydroxylation sites is 1. The van der Waals surface area contributed by atoms with Gasteiger partial charge in [-0.25, -0.2) is 0 Å². The standard InChI is InChI=1S/C22H18O3/c23-20(14-15-21-10-6-16-24-21)13-12-19-9-4-5-11-22(19)25-17-18-7-2-1-3-8-18/h1-16H,17H2. The van der Waals surface area contributed by atoms with Gasteiger partial charge in [0.1, 0.15) is 18.1 Å². The molecule has 0 saturated carbocycles. The van der Waals surface area contributed by atoms with Crippen LogP contribution < -0.4 is 4.74 Å². The van der Waals surface area contributed by atoms with Gasteiger partial charge in [-0.1, -0.05) is 48.5 Å². The Bertz CT molecular complexity index is 859. The summed E-state index contributed by atoms with van der Waals surface area (Å²) in [6, 6.07) is 21.2. The third-order valence-electron chi connectivity index (χ3n) is 3.54. The van der Waals surface area contributed by atoms with Gasteiger partial charge in [0, 0.05) is 5.56 Å². The van der Waals surface area contributed by atoms with Crippen LogP contribution in [0.2, 0.25) is 0 Å². The summed E-state index contributed by atoms with van der Waals surface area (Å²) in [6.45, 7) is 0.484. The highest BCUT2D eigenvalue weighted by atomic mass is 16.5. The molecule has 0 bridgehead atoms. The van der Waals surface area contributed by atoms with Crippen LogP contribution in [0.4, 0.5) is 0 Å². The first-order valence-electron chi connectivity index (χ1n) is 8.01. The number of benzene rings is 2. The number of allylic oxidation sites excluding steroid dienone is 2. The first kappa shape index (κ1) is 16.5. The Morgan fingerprint density at radius 2 is 1.64 bits per heavy atom. The molecule has 3 rings (SSSR count). The average molecular weight is 330 g/mol. The Labute approximate surface area is 146 Å². The molecule has 0 fully saturated rings. The molecule has 25 heavy (non-hydrogen) atoms. The minimum Gasteiger partial charge on any atom is -0.488 e. The Hall–Kier alpha value is -3.33. The van der Waals surface area contributed by atoms with Gasteiger partial charge in [0.15, 0.2) is 5.78 Å². The van der Waals surface area contributed by atoms with Crippen molar-refractivity contribution in [1.29, 1.82) is 0 Å². The van der Waals surface area contributed by atoms with Crippen LogP contribution in [-0.4, -0.2) is 5.78 Å². The fourth-order valence-electron chi connectivity index (χ4n) is 2.26. The molecule has 124 valence electrons. The van der Waals surface area contributed by atoms with Crippen molar-refractivity contribution in [1.82, 2.24) is 0 Å². The molecule has 3 heteroatoms. The van der Waals surface area contributed by atoms with E-state index in [4.69, 9.17) is 9.15 Å². The zero-order valence-electron chi connectivity index (χ0n) is 13.7. The molecular weight excluding hydrogens is 312 g/mol. The molecule has 1 heterocycles.